The summed E-state index contributed by atoms with van der Waals surface area (Å²) >= 11 is 0. The first-order chi connectivity index (χ1) is 13.0. The zero-order valence-corrected chi connectivity index (χ0v) is 15.2. The lowest BCUT2D eigenvalue weighted by Gasteiger charge is -2.16. The summed E-state index contributed by atoms with van der Waals surface area (Å²) in [4.78, 5) is 23.7. The molecule has 1 atom stereocenters. The van der Waals surface area contributed by atoms with Gasteiger partial charge in [-0.15, -0.1) is 0 Å². The van der Waals surface area contributed by atoms with Gasteiger partial charge in [0, 0.05) is 5.39 Å². The monoisotopic (exact) mass is 363 g/mol. The Morgan fingerprint density at radius 2 is 1.74 bits per heavy atom. The maximum absolute atomic E-state index is 12.6. The number of carbonyl (C=O) groups excluding carboxylic acids is 1. The first kappa shape index (κ1) is 18.5. The summed E-state index contributed by atoms with van der Waals surface area (Å²) in [7, 11) is 0. The number of aryl methyl sites for hydroxylation is 1. The van der Waals surface area contributed by atoms with Crippen LogP contribution in [0.25, 0.3) is 10.8 Å². The lowest BCUT2D eigenvalue weighted by atomic mass is 10.0. The van der Waals surface area contributed by atoms with E-state index in [1.165, 1.54) is 6.92 Å². The Labute approximate surface area is 157 Å². The van der Waals surface area contributed by atoms with E-state index in [1.54, 1.807) is 6.07 Å². The number of amides is 1. The van der Waals surface area contributed by atoms with E-state index in [2.05, 4.69) is 5.32 Å². The minimum Gasteiger partial charge on any atom is -0.487 e. The topological polar surface area (TPSA) is 75.6 Å². The number of carboxylic acids is 1. The number of nitrogens with one attached hydrogen (secondary N) is 1. The number of rotatable bonds is 6. The molecule has 1 unspecified atom stereocenters. The number of hydrogen-bond acceptors (Lipinski definition) is 3. The van der Waals surface area contributed by atoms with Crippen LogP contribution in [0.2, 0.25) is 0 Å². The van der Waals surface area contributed by atoms with Crippen LogP contribution in [0, 0.1) is 6.92 Å². The van der Waals surface area contributed by atoms with Gasteiger partial charge in [-0.05, 0) is 30.9 Å². The summed E-state index contributed by atoms with van der Waals surface area (Å²) < 4.78 is 6.03. The van der Waals surface area contributed by atoms with Crippen molar-refractivity contribution >= 4 is 22.6 Å². The lowest BCUT2D eigenvalue weighted by molar-refractivity contribution is -0.138. The predicted molar refractivity (Wildman–Crippen MR) is 104 cm³/mol. The van der Waals surface area contributed by atoms with E-state index < -0.39 is 17.9 Å². The van der Waals surface area contributed by atoms with Gasteiger partial charge in [0.2, 0.25) is 0 Å². The average Bonchev–Trinajstić information content (AvgIpc) is 2.67. The molecule has 0 aromatic heterocycles. The molecule has 0 saturated carbocycles. The van der Waals surface area contributed by atoms with E-state index in [0.717, 1.165) is 21.9 Å². The fourth-order valence-electron chi connectivity index (χ4n) is 2.75. The van der Waals surface area contributed by atoms with E-state index in [4.69, 9.17) is 9.84 Å². The third kappa shape index (κ3) is 4.26. The normalized spacial score (nSPS) is 11.8. The molecule has 0 bridgehead atoms. The minimum absolute atomic E-state index is 0.309. The number of carbonyl (C=O) groups is 2. The Balaban J connectivity index is 1.95. The SMILES string of the molecule is Cc1ccc(COc2c(C(=O)NC(C)C(=O)O)ccc3ccccc23)cc1. The van der Waals surface area contributed by atoms with Gasteiger partial charge in [0.05, 0.1) is 5.56 Å². The molecule has 138 valence electrons. The summed E-state index contributed by atoms with van der Waals surface area (Å²) in [6, 6.07) is 18.1. The van der Waals surface area contributed by atoms with Crippen molar-refractivity contribution in [3.05, 3.63) is 77.4 Å². The molecule has 1 amide bonds. The van der Waals surface area contributed by atoms with Crippen LogP contribution < -0.4 is 10.1 Å². The second-order valence-electron chi connectivity index (χ2n) is 6.47. The van der Waals surface area contributed by atoms with Crippen LogP contribution in [0.3, 0.4) is 0 Å². The third-order valence-corrected chi connectivity index (χ3v) is 4.35. The van der Waals surface area contributed by atoms with Crippen LogP contribution in [0.5, 0.6) is 5.75 Å². The average molecular weight is 363 g/mol. The molecule has 0 aliphatic carbocycles. The standard InChI is InChI=1S/C22H21NO4/c1-14-7-9-16(10-8-14)13-27-20-18-6-4-3-5-17(18)11-12-19(20)21(24)23-15(2)22(25)26/h3-12,15H,13H2,1-2H3,(H,23,24)(H,25,26). The lowest BCUT2D eigenvalue weighted by Crippen LogP contribution is -2.38. The number of aliphatic carboxylic acids is 1. The fourth-order valence-corrected chi connectivity index (χ4v) is 2.75. The smallest absolute Gasteiger partial charge is 0.325 e. The van der Waals surface area contributed by atoms with E-state index >= 15 is 0 Å². The van der Waals surface area contributed by atoms with Crippen LogP contribution >= 0.6 is 0 Å². The molecule has 0 spiro atoms. The Bertz CT molecular complexity index is 979. The van der Waals surface area contributed by atoms with Crippen molar-refractivity contribution in [2.24, 2.45) is 0 Å². The van der Waals surface area contributed by atoms with Crippen molar-refractivity contribution in [3.63, 3.8) is 0 Å². The van der Waals surface area contributed by atoms with Gasteiger partial charge in [-0.3, -0.25) is 9.59 Å². The molecule has 27 heavy (non-hydrogen) atoms. The summed E-state index contributed by atoms with van der Waals surface area (Å²) in [6.45, 7) is 3.75. The highest BCUT2D eigenvalue weighted by Crippen LogP contribution is 2.31. The highest BCUT2D eigenvalue weighted by Gasteiger charge is 2.20. The highest BCUT2D eigenvalue weighted by atomic mass is 16.5. The van der Waals surface area contributed by atoms with Gasteiger partial charge in [-0.25, -0.2) is 0 Å². The molecular formula is C22H21NO4. The Morgan fingerprint density at radius 3 is 2.44 bits per heavy atom. The number of fused-ring (bicyclic) bond motifs is 1. The molecule has 5 nitrogen and oxygen atoms in total. The highest BCUT2D eigenvalue weighted by molar-refractivity contribution is 6.04. The molecule has 3 aromatic rings. The Morgan fingerprint density at radius 1 is 1.04 bits per heavy atom. The van der Waals surface area contributed by atoms with Crippen molar-refractivity contribution in [1.82, 2.24) is 5.32 Å². The van der Waals surface area contributed by atoms with Gasteiger partial charge < -0.3 is 15.2 Å². The first-order valence-electron chi connectivity index (χ1n) is 8.69. The fraction of sp³-hybridized carbons (Fsp3) is 0.182. The van der Waals surface area contributed by atoms with E-state index in [9.17, 15) is 9.59 Å². The molecule has 0 heterocycles. The number of carboxylic acid groups (broad SMARTS) is 1. The maximum atomic E-state index is 12.6. The molecule has 0 saturated heterocycles. The van der Waals surface area contributed by atoms with Gasteiger partial charge >= 0.3 is 5.97 Å². The molecule has 0 aliphatic heterocycles. The molecule has 0 aliphatic rings. The van der Waals surface area contributed by atoms with Crippen LogP contribution in [0.15, 0.2) is 60.7 Å². The maximum Gasteiger partial charge on any atom is 0.325 e. The quantitative estimate of drug-likeness (QED) is 0.696. The summed E-state index contributed by atoms with van der Waals surface area (Å²) in [5.74, 6) is -1.12. The molecule has 0 radical (unpaired) electrons. The third-order valence-electron chi connectivity index (χ3n) is 4.35. The predicted octanol–water partition coefficient (Wildman–Crippen LogP) is 3.93. The first-order valence-corrected chi connectivity index (χ1v) is 8.69. The second kappa shape index (κ2) is 7.91. The Kier molecular flexibility index (Phi) is 5.41. The summed E-state index contributed by atoms with van der Waals surface area (Å²) in [6.07, 6.45) is 0. The Hall–Kier alpha value is -3.34. The van der Waals surface area contributed by atoms with Crippen LogP contribution in [0.4, 0.5) is 0 Å². The molecular weight excluding hydrogens is 342 g/mol. The number of hydrogen-bond donors (Lipinski definition) is 2. The van der Waals surface area contributed by atoms with Gasteiger partial charge in [-0.1, -0.05) is 60.2 Å². The minimum atomic E-state index is -1.09. The molecule has 3 aromatic carbocycles. The van der Waals surface area contributed by atoms with Gasteiger partial charge in [0.15, 0.2) is 0 Å². The molecule has 0 fully saturated rings. The summed E-state index contributed by atoms with van der Waals surface area (Å²) in [5.41, 5.74) is 2.46. The second-order valence-corrected chi connectivity index (χ2v) is 6.47. The molecule has 2 N–H and O–H groups in total. The van der Waals surface area contributed by atoms with E-state index in [0.29, 0.717) is 17.9 Å². The molecule has 3 rings (SSSR count). The summed E-state index contributed by atoms with van der Waals surface area (Å²) in [5, 5.41) is 13.3. The zero-order chi connectivity index (χ0) is 19.4. The van der Waals surface area contributed by atoms with E-state index in [1.807, 2.05) is 61.5 Å². The van der Waals surface area contributed by atoms with Crippen LogP contribution in [-0.2, 0) is 11.4 Å². The zero-order valence-electron chi connectivity index (χ0n) is 15.2. The van der Waals surface area contributed by atoms with Crippen molar-refractivity contribution in [2.45, 2.75) is 26.5 Å². The van der Waals surface area contributed by atoms with Crippen molar-refractivity contribution in [1.29, 1.82) is 0 Å². The number of benzene rings is 3. The van der Waals surface area contributed by atoms with E-state index in [-0.39, 0.29) is 0 Å². The van der Waals surface area contributed by atoms with Gasteiger partial charge in [0.25, 0.3) is 5.91 Å². The largest absolute Gasteiger partial charge is 0.487 e. The van der Waals surface area contributed by atoms with Gasteiger partial charge in [0.1, 0.15) is 18.4 Å². The van der Waals surface area contributed by atoms with Gasteiger partial charge in [-0.2, -0.15) is 0 Å². The molecule has 5 heteroatoms. The van der Waals surface area contributed by atoms with Crippen LogP contribution in [0.1, 0.15) is 28.4 Å². The number of ether oxygens (including phenoxy) is 1. The van der Waals surface area contributed by atoms with Crippen LogP contribution in [-0.4, -0.2) is 23.0 Å². The van der Waals surface area contributed by atoms with Crippen molar-refractivity contribution in [2.75, 3.05) is 0 Å². The van der Waals surface area contributed by atoms with Crippen molar-refractivity contribution < 1.29 is 19.4 Å². The van der Waals surface area contributed by atoms with Crippen molar-refractivity contribution in [3.8, 4) is 5.75 Å².